The third-order valence-corrected chi connectivity index (χ3v) is 2.80. The van der Waals surface area contributed by atoms with Crippen molar-refractivity contribution >= 4 is 0 Å². The Morgan fingerprint density at radius 1 is 1.06 bits per heavy atom. The topological polar surface area (TPSA) is 23.5 Å². The van der Waals surface area contributed by atoms with Gasteiger partial charge in [-0.25, -0.2) is 0 Å². The fourth-order valence-electron chi connectivity index (χ4n) is 1.84. The van der Waals surface area contributed by atoms with Gasteiger partial charge in [0.25, 0.3) is 0 Å². The van der Waals surface area contributed by atoms with E-state index in [2.05, 4.69) is 0 Å². The lowest BCUT2D eigenvalue weighted by atomic mass is 10.2. The molecule has 1 aliphatic rings. The molecule has 16 heavy (non-hydrogen) atoms. The van der Waals surface area contributed by atoms with Gasteiger partial charge in [0, 0.05) is 12.6 Å². The van der Waals surface area contributed by atoms with E-state index in [4.69, 9.17) is 5.11 Å². The van der Waals surface area contributed by atoms with Gasteiger partial charge in [0.05, 0.1) is 6.54 Å². The SMILES string of the molecule is OCCCCCCN(CC(F)(F)F)C1CC1. The summed E-state index contributed by atoms with van der Waals surface area (Å²) >= 11 is 0. The first-order valence-corrected chi connectivity index (χ1v) is 5.94. The molecule has 0 radical (unpaired) electrons. The Hall–Kier alpha value is -0.290. The van der Waals surface area contributed by atoms with Crippen LogP contribution in [0.3, 0.4) is 0 Å². The second-order valence-corrected chi connectivity index (χ2v) is 4.45. The molecule has 0 bridgehead atoms. The Labute approximate surface area is 94.4 Å². The van der Waals surface area contributed by atoms with Crippen LogP contribution in [0.2, 0.25) is 0 Å². The van der Waals surface area contributed by atoms with Crippen molar-refractivity contribution in [3.8, 4) is 0 Å². The maximum absolute atomic E-state index is 12.2. The van der Waals surface area contributed by atoms with E-state index in [0.717, 1.165) is 38.5 Å². The summed E-state index contributed by atoms with van der Waals surface area (Å²) < 4.78 is 36.7. The average molecular weight is 239 g/mol. The summed E-state index contributed by atoms with van der Waals surface area (Å²) in [6.45, 7) is -0.0534. The molecule has 0 aromatic carbocycles. The van der Waals surface area contributed by atoms with E-state index in [0.29, 0.717) is 6.54 Å². The average Bonchev–Trinajstić information content (AvgIpc) is 2.97. The summed E-state index contributed by atoms with van der Waals surface area (Å²) in [5, 5.41) is 8.57. The van der Waals surface area contributed by atoms with Crippen LogP contribution in [0.4, 0.5) is 13.2 Å². The monoisotopic (exact) mass is 239 g/mol. The van der Waals surface area contributed by atoms with Crippen LogP contribution >= 0.6 is 0 Å². The molecule has 0 saturated heterocycles. The predicted molar refractivity (Wildman–Crippen MR) is 56.2 cm³/mol. The second-order valence-electron chi connectivity index (χ2n) is 4.45. The maximum Gasteiger partial charge on any atom is 0.401 e. The Morgan fingerprint density at radius 2 is 1.69 bits per heavy atom. The zero-order valence-corrected chi connectivity index (χ0v) is 9.47. The van der Waals surface area contributed by atoms with E-state index in [1.54, 1.807) is 4.90 Å². The minimum atomic E-state index is -4.08. The molecule has 2 nitrogen and oxygen atoms in total. The number of unbranched alkanes of at least 4 members (excludes halogenated alkanes) is 3. The number of hydrogen-bond donors (Lipinski definition) is 1. The molecule has 0 heterocycles. The highest BCUT2D eigenvalue weighted by atomic mass is 19.4. The Kier molecular flexibility index (Phi) is 5.55. The number of aliphatic hydroxyl groups excluding tert-OH is 1. The van der Waals surface area contributed by atoms with Gasteiger partial charge < -0.3 is 5.11 Å². The van der Waals surface area contributed by atoms with Gasteiger partial charge in [0.2, 0.25) is 0 Å². The summed E-state index contributed by atoms with van der Waals surface area (Å²) in [4.78, 5) is 1.55. The van der Waals surface area contributed by atoms with Crippen LogP contribution in [0.25, 0.3) is 0 Å². The van der Waals surface area contributed by atoms with E-state index in [9.17, 15) is 13.2 Å². The van der Waals surface area contributed by atoms with Crippen LogP contribution in [-0.2, 0) is 0 Å². The molecule has 0 unspecified atom stereocenters. The van der Waals surface area contributed by atoms with Crippen LogP contribution in [0.5, 0.6) is 0 Å². The van der Waals surface area contributed by atoms with Gasteiger partial charge in [-0.15, -0.1) is 0 Å². The number of aliphatic hydroxyl groups is 1. The molecule has 0 aromatic heterocycles. The highest BCUT2D eigenvalue weighted by Gasteiger charge is 2.37. The minimum Gasteiger partial charge on any atom is -0.396 e. The van der Waals surface area contributed by atoms with Gasteiger partial charge in [0.1, 0.15) is 0 Å². The van der Waals surface area contributed by atoms with Gasteiger partial charge in [-0.1, -0.05) is 12.8 Å². The summed E-state index contributed by atoms with van der Waals surface area (Å²) in [5.41, 5.74) is 0. The molecule has 0 aromatic rings. The third-order valence-electron chi connectivity index (χ3n) is 2.80. The smallest absolute Gasteiger partial charge is 0.396 e. The number of nitrogens with zero attached hydrogens (tertiary/aromatic N) is 1. The fraction of sp³-hybridized carbons (Fsp3) is 1.00. The summed E-state index contributed by atoms with van der Waals surface area (Å²) in [7, 11) is 0. The van der Waals surface area contributed by atoms with Gasteiger partial charge >= 0.3 is 6.18 Å². The van der Waals surface area contributed by atoms with Gasteiger partial charge in [0.15, 0.2) is 0 Å². The first-order valence-electron chi connectivity index (χ1n) is 5.94. The standard InChI is InChI=1S/C11H20F3NO/c12-11(13,14)9-15(10-5-6-10)7-3-1-2-4-8-16/h10,16H,1-9H2. The van der Waals surface area contributed by atoms with Crippen molar-refractivity contribution in [3.63, 3.8) is 0 Å². The van der Waals surface area contributed by atoms with E-state index >= 15 is 0 Å². The lowest BCUT2D eigenvalue weighted by Gasteiger charge is -2.23. The van der Waals surface area contributed by atoms with Crippen molar-refractivity contribution < 1.29 is 18.3 Å². The van der Waals surface area contributed by atoms with Crippen LogP contribution in [0, 0.1) is 0 Å². The van der Waals surface area contributed by atoms with E-state index in [1.165, 1.54) is 0 Å². The molecular formula is C11H20F3NO. The number of halogens is 3. The zero-order valence-electron chi connectivity index (χ0n) is 9.47. The summed E-state index contributed by atoms with van der Waals surface area (Å²) in [6.07, 6.45) is 1.10. The third kappa shape index (κ3) is 6.33. The number of rotatable bonds is 8. The Balaban J connectivity index is 2.13. The van der Waals surface area contributed by atoms with Gasteiger partial charge in [-0.3, -0.25) is 4.90 Å². The van der Waals surface area contributed by atoms with Crippen LogP contribution in [0.15, 0.2) is 0 Å². The molecule has 0 amide bonds. The van der Waals surface area contributed by atoms with Crippen molar-refractivity contribution in [1.82, 2.24) is 4.90 Å². The molecular weight excluding hydrogens is 219 g/mol. The molecule has 96 valence electrons. The van der Waals surface area contributed by atoms with Crippen molar-refractivity contribution in [2.24, 2.45) is 0 Å². The largest absolute Gasteiger partial charge is 0.401 e. The fourth-order valence-corrected chi connectivity index (χ4v) is 1.84. The van der Waals surface area contributed by atoms with Crippen LogP contribution in [-0.4, -0.2) is 41.9 Å². The molecule has 1 fully saturated rings. The van der Waals surface area contributed by atoms with Crippen molar-refractivity contribution in [2.75, 3.05) is 19.7 Å². The summed E-state index contributed by atoms with van der Waals surface area (Å²) in [6, 6.07) is 0.166. The normalized spacial score (nSPS) is 17.1. The van der Waals surface area contributed by atoms with E-state index < -0.39 is 12.7 Å². The predicted octanol–water partition coefficient (Wildman–Crippen LogP) is 2.57. The molecule has 5 heteroatoms. The molecule has 0 spiro atoms. The van der Waals surface area contributed by atoms with Crippen molar-refractivity contribution in [2.45, 2.75) is 50.7 Å². The quantitative estimate of drug-likeness (QED) is 0.658. The first-order chi connectivity index (χ1) is 7.53. The molecule has 1 saturated carbocycles. The van der Waals surface area contributed by atoms with Crippen molar-refractivity contribution in [1.29, 1.82) is 0 Å². The van der Waals surface area contributed by atoms with Crippen LogP contribution < -0.4 is 0 Å². The molecule has 1 rings (SSSR count). The first kappa shape index (κ1) is 13.8. The Bertz CT molecular complexity index is 192. The highest BCUT2D eigenvalue weighted by Crippen LogP contribution is 2.30. The number of alkyl halides is 3. The minimum absolute atomic E-state index is 0.166. The lowest BCUT2D eigenvalue weighted by molar-refractivity contribution is -0.147. The molecule has 0 aliphatic heterocycles. The highest BCUT2D eigenvalue weighted by molar-refractivity contribution is 4.85. The van der Waals surface area contributed by atoms with E-state index in [-0.39, 0.29) is 12.6 Å². The van der Waals surface area contributed by atoms with E-state index in [1.807, 2.05) is 0 Å². The number of hydrogen-bond acceptors (Lipinski definition) is 2. The lowest BCUT2D eigenvalue weighted by Crippen LogP contribution is -2.36. The zero-order chi connectivity index (χ0) is 12.0. The Morgan fingerprint density at radius 3 is 2.19 bits per heavy atom. The molecule has 1 N–H and O–H groups in total. The maximum atomic E-state index is 12.2. The van der Waals surface area contributed by atoms with Gasteiger partial charge in [-0.2, -0.15) is 13.2 Å². The second kappa shape index (κ2) is 6.45. The molecule has 1 aliphatic carbocycles. The molecule has 0 atom stereocenters. The van der Waals surface area contributed by atoms with Crippen molar-refractivity contribution in [3.05, 3.63) is 0 Å². The van der Waals surface area contributed by atoms with Gasteiger partial charge in [-0.05, 0) is 32.2 Å². The summed E-state index contributed by atoms with van der Waals surface area (Å²) in [5.74, 6) is 0. The van der Waals surface area contributed by atoms with Crippen LogP contribution in [0.1, 0.15) is 38.5 Å².